The number of amides is 2. The lowest BCUT2D eigenvalue weighted by molar-refractivity contribution is -0.136. The van der Waals surface area contributed by atoms with Crippen molar-refractivity contribution >= 4 is 33.5 Å². The van der Waals surface area contributed by atoms with E-state index >= 15 is 0 Å². The second-order valence-corrected chi connectivity index (χ2v) is 9.17. The molecule has 0 bridgehead atoms. The summed E-state index contributed by atoms with van der Waals surface area (Å²) in [7, 11) is 0. The van der Waals surface area contributed by atoms with Gasteiger partial charge in [-0.25, -0.2) is 9.78 Å². The van der Waals surface area contributed by atoms with Gasteiger partial charge in [0.1, 0.15) is 5.00 Å². The molecular weight excluding hydrogens is 376 g/mol. The van der Waals surface area contributed by atoms with Crippen molar-refractivity contribution in [2.75, 3.05) is 17.2 Å². The first-order valence-electron chi connectivity index (χ1n) is 10.5. The topological polar surface area (TPSA) is 94.6 Å². The second kappa shape index (κ2) is 10.1. The van der Waals surface area contributed by atoms with Crippen LogP contribution in [-0.4, -0.2) is 45.6 Å². The van der Waals surface area contributed by atoms with E-state index in [1.165, 1.54) is 43.4 Å². The number of carboxylic acids is 1. The molecule has 0 saturated heterocycles. The van der Waals surface area contributed by atoms with Crippen LogP contribution in [0.5, 0.6) is 0 Å². The van der Waals surface area contributed by atoms with Gasteiger partial charge in [-0.15, -0.1) is 0 Å². The summed E-state index contributed by atoms with van der Waals surface area (Å²) in [5, 5.41) is 16.1. The molecule has 2 aliphatic rings. The zero-order valence-corrected chi connectivity index (χ0v) is 17.5. The Morgan fingerprint density at radius 1 is 1.14 bits per heavy atom. The summed E-state index contributed by atoms with van der Waals surface area (Å²) in [5.74, 6) is -0.0821. The minimum Gasteiger partial charge on any atom is -0.481 e. The van der Waals surface area contributed by atoms with E-state index in [2.05, 4.69) is 27.4 Å². The molecule has 0 atom stereocenters. The Hall–Kier alpha value is -1.83. The Morgan fingerprint density at radius 2 is 1.82 bits per heavy atom. The van der Waals surface area contributed by atoms with Crippen LogP contribution in [0.25, 0.3) is 0 Å². The lowest BCUT2D eigenvalue weighted by atomic mass is 9.84. The highest BCUT2D eigenvalue weighted by Gasteiger charge is 2.33. The largest absolute Gasteiger partial charge is 0.481 e. The lowest BCUT2D eigenvalue weighted by Gasteiger charge is -2.42. The van der Waals surface area contributed by atoms with E-state index in [4.69, 9.17) is 5.11 Å². The van der Waals surface area contributed by atoms with Crippen LogP contribution >= 0.6 is 11.3 Å². The van der Waals surface area contributed by atoms with Crippen molar-refractivity contribution in [1.29, 1.82) is 0 Å². The molecule has 2 saturated carbocycles. The highest BCUT2D eigenvalue weighted by atomic mass is 32.1. The summed E-state index contributed by atoms with van der Waals surface area (Å²) >= 11 is 1.35. The molecule has 0 aliphatic heterocycles. The van der Waals surface area contributed by atoms with Crippen LogP contribution in [-0.2, 0) is 4.79 Å². The van der Waals surface area contributed by atoms with Gasteiger partial charge in [-0.2, -0.15) is 0 Å². The quantitative estimate of drug-likeness (QED) is 0.604. The SMILES string of the molecule is CC1CCC(N(C(=O)Nc2ncc(NCCC(=O)O)s2)C2CCCCC2)CC1. The van der Waals surface area contributed by atoms with Crippen molar-refractivity contribution in [3.63, 3.8) is 0 Å². The first-order chi connectivity index (χ1) is 13.5. The van der Waals surface area contributed by atoms with E-state index in [1.807, 2.05) is 0 Å². The van der Waals surface area contributed by atoms with E-state index in [-0.39, 0.29) is 12.5 Å². The predicted octanol–water partition coefficient (Wildman–Crippen LogP) is 4.78. The summed E-state index contributed by atoms with van der Waals surface area (Å²) in [6.07, 6.45) is 12.1. The van der Waals surface area contributed by atoms with Crippen molar-refractivity contribution in [3.8, 4) is 0 Å². The number of anilines is 2. The molecule has 1 aromatic rings. The number of nitrogens with zero attached hydrogens (tertiary/aromatic N) is 2. The third-order valence-electron chi connectivity index (χ3n) is 5.94. The number of hydrogen-bond donors (Lipinski definition) is 3. The molecule has 1 aromatic heterocycles. The summed E-state index contributed by atoms with van der Waals surface area (Å²) in [4.78, 5) is 30.2. The zero-order valence-electron chi connectivity index (χ0n) is 16.7. The summed E-state index contributed by atoms with van der Waals surface area (Å²) < 4.78 is 0. The van der Waals surface area contributed by atoms with Crippen LogP contribution in [0, 0.1) is 5.92 Å². The molecule has 8 heteroatoms. The van der Waals surface area contributed by atoms with Gasteiger partial charge in [0.2, 0.25) is 0 Å². The highest BCUT2D eigenvalue weighted by Crippen LogP contribution is 2.33. The van der Waals surface area contributed by atoms with Crippen molar-refractivity contribution in [3.05, 3.63) is 6.20 Å². The number of carboxylic acid groups (broad SMARTS) is 1. The number of urea groups is 1. The van der Waals surface area contributed by atoms with E-state index in [0.717, 1.165) is 36.6 Å². The second-order valence-electron chi connectivity index (χ2n) is 8.14. The van der Waals surface area contributed by atoms with Crippen LogP contribution in [0.2, 0.25) is 0 Å². The normalized spacial score (nSPS) is 23.2. The third-order valence-corrected chi connectivity index (χ3v) is 6.81. The number of carbonyl (C=O) groups is 2. The molecule has 2 aliphatic carbocycles. The van der Waals surface area contributed by atoms with Crippen LogP contribution in [0.1, 0.15) is 71.1 Å². The molecule has 0 radical (unpaired) electrons. The van der Waals surface area contributed by atoms with Gasteiger partial charge in [0, 0.05) is 18.6 Å². The average molecular weight is 409 g/mol. The van der Waals surface area contributed by atoms with Gasteiger partial charge in [0.05, 0.1) is 12.6 Å². The van der Waals surface area contributed by atoms with E-state index < -0.39 is 5.97 Å². The number of hydrogen-bond acceptors (Lipinski definition) is 5. The van der Waals surface area contributed by atoms with Crippen molar-refractivity contribution in [2.45, 2.75) is 83.2 Å². The van der Waals surface area contributed by atoms with Crippen LogP contribution in [0.15, 0.2) is 6.20 Å². The average Bonchev–Trinajstić information content (AvgIpc) is 3.11. The Labute approximate surface area is 170 Å². The number of aromatic nitrogens is 1. The van der Waals surface area contributed by atoms with Gasteiger partial charge >= 0.3 is 12.0 Å². The number of thiazole rings is 1. The first kappa shape index (κ1) is 20.9. The zero-order chi connectivity index (χ0) is 19.9. The van der Waals surface area contributed by atoms with Gasteiger partial charge in [-0.05, 0) is 44.4 Å². The van der Waals surface area contributed by atoms with Gasteiger partial charge in [-0.1, -0.05) is 37.5 Å². The van der Waals surface area contributed by atoms with E-state index in [0.29, 0.717) is 23.8 Å². The molecule has 2 fully saturated rings. The van der Waals surface area contributed by atoms with Crippen molar-refractivity contribution in [2.24, 2.45) is 5.92 Å². The standard InChI is InChI=1S/C20H32N4O3S/c1-14-7-9-16(10-8-14)24(15-5-3-2-4-6-15)20(27)23-19-22-13-17(28-19)21-12-11-18(25)26/h13-16,21H,2-12H2,1H3,(H,25,26)(H,22,23,27). The lowest BCUT2D eigenvalue weighted by Crippen LogP contribution is -2.51. The molecule has 3 N–H and O–H groups in total. The fourth-order valence-corrected chi connectivity index (χ4v) is 5.10. The molecule has 0 aromatic carbocycles. The summed E-state index contributed by atoms with van der Waals surface area (Å²) in [6, 6.07) is 0.630. The maximum absolute atomic E-state index is 13.2. The molecule has 1 heterocycles. The van der Waals surface area contributed by atoms with Crippen LogP contribution in [0.3, 0.4) is 0 Å². The highest BCUT2D eigenvalue weighted by molar-refractivity contribution is 7.19. The van der Waals surface area contributed by atoms with Gasteiger partial charge in [0.25, 0.3) is 0 Å². The Morgan fingerprint density at radius 3 is 2.50 bits per heavy atom. The molecule has 2 amide bonds. The monoisotopic (exact) mass is 408 g/mol. The smallest absolute Gasteiger partial charge is 0.324 e. The maximum Gasteiger partial charge on any atom is 0.324 e. The number of nitrogens with one attached hydrogen (secondary N) is 2. The third kappa shape index (κ3) is 5.83. The molecule has 156 valence electrons. The molecule has 7 nitrogen and oxygen atoms in total. The first-order valence-corrected chi connectivity index (χ1v) is 11.4. The number of carbonyl (C=O) groups excluding carboxylic acids is 1. The van der Waals surface area contributed by atoms with Crippen LogP contribution < -0.4 is 10.6 Å². The minimum atomic E-state index is -0.838. The summed E-state index contributed by atoms with van der Waals surface area (Å²) in [6.45, 7) is 2.65. The summed E-state index contributed by atoms with van der Waals surface area (Å²) in [5.41, 5.74) is 0. The molecule has 28 heavy (non-hydrogen) atoms. The molecule has 0 unspecified atom stereocenters. The minimum absolute atomic E-state index is 0.0297. The van der Waals surface area contributed by atoms with E-state index in [9.17, 15) is 9.59 Å². The van der Waals surface area contributed by atoms with E-state index in [1.54, 1.807) is 6.20 Å². The Bertz CT molecular complexity index is 652. The predicted molar refractivity (Wildman–Crippen MR) is 112 cm³/mol. The Kier molecular flexibility index (Phi) is 7.53. The molecule has 3 rings (SSSR count). The number of aliphatic carboxylic acids is 1. The van der Waals surface area contributed by atoms with Gasteiger partial charge < -0.3 is 15.3 Å². The van der Waals surface area contributed by atoms with Crippen molar-refractivity contribution in [1.82, 2.24) is 9.88 Å². The fourth-order valence-electron chi connectivity index (χ4n) is 4.37. The van der Waals surface area contributed by atoms with Crippen molar-refractivity contribution < 1.29 is 14.7 Å². The van der Waals surface area contributed by atoms with Gasteiger partial charge in [0.15, 0.2) is 5.13 Å². The number of rotatable bonds is 7. The van der Waals surface area contributed by atoms with Crippen LogP contribution in [0.4, 0.5) is 14.9 Å². The molecular formula is C20H32N4O3S. The maximum atomic E-state index is 13.2. The van der Waals surface area contributed by atoms with Gasteiger partial charge in [-0.3, -0.25) is 10.1 Å². The Balaban J connectivity index is 1.62. The fraction of sp³-hybridized carbons (Fsp3) is 0.750. The molecule has 0 spiro atoms.